The van der Waals surface area contributed by atoms with Gasteiger partial charge in [-0.2, -0.15) is 0 Å². The van der Waals surface area contributed by atoms with Crippen LogP contribution in [0, 0.1) is 35.5 Å². The summed E-state index contributed by atoms with van der Waals surface area (Å²) in [6, 6.07) is 72.8. The summed E-state index contributed by atoms with van der Waals surface area (Å²) in [5.74, 6) is 4.75. The van der Waals surface area contributed by atoms with E-state index in [0.717, 1.165) is 17.8 Å². The molecule has 6 fully saturated rings. The first-order valence-electron chi connectivity index (χ1n) is 25.3. The van der Waals surface area contributed by atoms with Gasteiger partial charge in [0.25, 0.3) is 0 Å². The average Bonchev–Trinajstić information content (AvgIpc) is 4.13. The third kappa shape index (κ3) is 5.07. The van der Waals surface area contributed by atoms with Crippen molar-refractivity contribution in [3.63, 3.8) is 0 Å². The van der Waals surface area contributed by atoms with E-state index in [4.69, 9.17) is 0 Å². The summed E-state index contributed by atoms with van der Waals surface area (Å²) in [6.07, 6.45) is 12.4. The highest BCUT2D eigenvalue weighted by atomic mass is 15.1. The molecule has 0 N–H and O–H groups in total. The van der Waals surface area contributed by atoms with Crippen LogP contribution in [0.25, 0.3) is 55.6 Å². The summed E-state index contributed by atoms with van der Waals surface area (Å²) in [5, 5.41) is 0. The topological polar surface area (TPSA) is 3.24 Å². The predicted molar refractivity (Wildman–Crippen MR) is 272 cm³/mol. The van der Waals surface area contributed by atoms with Gasteiger partial charge in [0.1, 0.15) is 0 Å². The molecule has 2 spiro atoms. The Bertz CT molecular complexity index is 3240. The van der Waals surface area contributed by atoms with E-state index in [0.29, 0.717) is 17.8 Å². The van der Waals surface area contributed by atoms with E-state index in [-0.39, 0.29) is 10.8 Å². The molecule has 8 aliphatic rings. The smallest absolute Gasteiger partial charge is 0.0540 e. The Kier molecular flexibility index (Phi) is 8.03. The number of hydrogen-bond acceptors (Lipinski definition) is 1. The first kappa shape index (κ1) is 37.7. The van der Waals surface area contributed by atoms with E-state index in [2.05, 4.69) is 193 Å². The summed E-state index contributed by atoms with van der Waals surface area (Å²) in [5.41, 5.74) is 23.7. The molecule has 0 aliphatic heterocycles. The van der Waals surface area contributed by atoms with Crippen LogP contribution >= 0.6 is 0 Å². The third-order valence-electron chi connectivity index (χ3n) is 18.7. The van der Waals surface area contributed by atoms with Crippen molar-refractivity contribution in [3.8, 4) is 55.6 Å². The fraction of sp³-hybridized carbons (Fsp3) is 0.262. The molecule has 0 amide bonds. The van der Waals surface area contributed by atoms with Crippen molar-refractivity contribution in [1.29, 1.82) is 0 Å². The Morgan fingerprint density at radius 1 is 0.333 bits per heavy atom. The average molecular weight is 850 g/mol. The zero-order valence-corrected chi connectivity index (χ0v) is 37.7. The van der Waals surface area contributed by atoms with Gasteiger partial charge in [-0.15, -0.1) is 0 Å². The monoisotopic (exact) mass is 849 g/mol. The molecule has 1 nitrogen and oxygen atoms in total. The molecule has 0 heterocycles. The maximum atomic E-state index is 2.71. The summed E-state index contributed by atoms with van der Waals surface area (Å²) in [4.78, 5) is 2.69. The van der Waals surface area contributed by atoms with Gasteiger partial charge >= 0.3 is 0 Å². The van der Waals surface area contributed by atoms with Crippen molar-refractivity contribution >= 4 is 17.1 Å². The number of rotatable bonds is 6. The largest absolute Gasteiger partial charge is 0.310 e. The fourth-order valence-corrected chi connectivity index (χ4v) is 16.7. The van der Waals surface area contributed by atoms with Crippen molar-refractivity contribution in [2.75, 3.05) is 4.90 Å². The first-order valence-corrected chi connectivity index (χ1v) is 25.3. The number of benzene rings is 8. The van der Waals surface area contributed by atoms with Gasteiger partial charge < -0.3 is 4.90 Å². The molecular formula is C65H55N. The minimum Gasteiger partial charge on any atom is -0.310 e. The van der Waals surface area contributed by atoms with Crippen molar-refractivity contribution < 1.29 is 0 Å². The van der Waals surface area contributed by atoms with E-state index >= 15 is 0 Å². The standard InChI is InChI=1S/C65H55N/c1-2-14-44(15-3-1)50-16-4-5-17-51(50)52-18-6-7-19-53(52)58-22-10-13-25-63(58)66(48-28-30-56-54-20-8-11-23-59(54)64(61(56)38-48)40-41-26-27-45(64)33-41)49-29-31-57-55-21-9-12-24-60(55)65(62(57)39-49)46-34-42-32-43(36-46)37-47(65)35-42/h1-25,28-31,38-39,41-43,45-47H,26-27,32-37,40H2. The molecule has 66 heavy (non-hydrogen) atoms. The summed E-state index contributed by atoms with van der Waals surface area (Å²) >= 11 is 0. The third-order valence-corrected chi connectivity index (χ3v) is 18.7. The van der Waals surface area contributed by atoms with Gasteiger partial charge in [-0.25, -0.2) is 0 Å². The summed E-state index contributed by atoms with van der Waals surface area (Å²) in [7, 11) is 0. The number of anilines is 3. The highest BCUT2D eigenvalue weighted by Crippen LogP contribution is 2.70. The molecule has 6 saturated carbocycles. The minimum atomic E-state index is 0.0843. The van der Waals surface area contributed by atoms with Crippen LogP contribution in [0.4, 0.5) is 17.1 Å². The van der Waals surface area contributed by atoms with Gasteiger partial charge in [0.05, 0.1) is 5.69 Å². The van der Waals surface area contributed by atoms with Crippen LogP contribution in [0.5, 0.6) is 0 Å². The normalized spacial score (nSPS) is 27.6. The zero-order chi connectivity index (χ0) is 43.1. The molecule has 1 heteroatoms. The molecule has 0 aromatic heterocycles. The highest BCUT2D eigenvalue weighted by Gasteiger charge is 2.62. The maximum Gasteiger partial charge on any atom is 0.0540 e. The Morgan fingerprint density at radius 2 is 0.818 bits per heavy atom. The van der Waals surface area contributed by atoms with Crippen LogP contribution in [0.2, 0.25) is 0 Å². The number of fused-ring (bicyclic) bond motifs is 11. The Balaban J connectivity index is 0.967. The van der Waals surface area contributed by atoms with Gasteiger partial charge in [0, 0.05) is 27.8 Å². The van der Waals surface area contributed by atoms with E-state index in [1.54, 1.807) is 22.3 Å². The van der Waals surface area contributed by atoms with Crippen LogP contribution in [0.15, 0.2) is 188 Å². The SMILES string of the molecule is c1ccc(-c2ccccc2-c2ccccc2-c2ccccc2N(c2ccc3c(c2)C2(CC4CCC2C4)c2ccccc2-3)c2ccc3c(c2)C2(c4ccccc4-3)C3CC4CC(C3)CC2C4)cc1. The van der Waals surface area contributed by atoms with E-state index in [1.807, 2.05) is 0 Å². The van der Waals surface area contributed by atoms with Gasteiger partial charge in [0.2, 0.25) is 0 Å². The lowest BCUT2D eigenvalue weighted by molar-refractivity contribution is -0.0399. The second kappa shape index (κ2) is 14.0. The lowest BCUT2D eigenvalue weighted by Gasteiger charge is -2.61. The van der Waals surface area contributed by atoms with Crippen LogP contribution in [0.3, 0.4) is 0 Å². The second-order valence-electron chi connectivity index (χ2n) is 21.6. The van der Waals surface area contributed by atoms with Crippen LogP contribution in [0.1, 0.15) is 80.0 Å². The maximum absolute atomic E-state index is 2.71. The number of hydrogen-bond donors (Lipinski definition) is 0. The number of para-hydroxylation sites is 1. The molecule has 3 unspecified atom stereocenters. The van der Waals surface area contributed by atoms with E-state index < -0.39 is 0 Å². The lowest BCUT2D eigenvalue weighted by atomic mass is 9.43. The van der Waals surface area contributed by atoms with Gasteiger partial charge in [-0.05, 0) is 190 Å². The Morgan fingerprint density at radius 3 is 1.47 bits per heavy atom. The molecule has 6 bridgehead atoms. The molecule has 8 aliphatic carbocycles. The van der Waals surface area contributed by atoms with Crippen molar-refractivity contribution in [2.45, 2.75) is 68.6 Å². The molecule has 8 aromatic carbocycles. The minimum absolute atomic E-state index is 0.0843. The predicted octanol–water partition coefficient (Wildman–Crippen LogP) is 17.0. The second-order valence-corrected chi connectivity index (χ2v) is 21.6. The summed E-state index contributed by atoms with van der Waals surface area (Å²) in [6.45, 7) is 0. The van der Waals surface area contributed by atoms with E-state index in [9.17, 15) is 0 Å². The Labute approximate surface area is 390 Å². The lowest BCUT2D eigenvalue weighted by Crippen LogP contribution is -2.55. The van der Waals surface area contributed by atoms with E-state index in [1.165, 1.54) is 130 Å². The first-order chi connectivity index (χ1) is 32.7. The molecule has 0 radical (unpaired) electrons. The van der Waals surface area contributed by atoms with Crippen LogP contribution < -0.4 is 4.90 Å². The molecule has 8 aromatic rings. The fourth-order valence-electron chi connectivity index (χ4n) is 16.7. The molecular weight excluding hydrogens is 795 g/mol. The van der Waals surface area contributed by atoms with Crippen molar-refractivity contribution in [3.05, 3.63) is 210 Å². The molecule has 0 saturated heterocycles. The quantitative estimate of drug-likeness (QED) is 0.161. The van der Waals surface area contributed by atoms with Gasteiger partial charge in [-0.1, -0.05) is 164 Å². The van der Waals surface area contributed by atoms with Crippen molar-refractivity contribution in [2.24, 2.45) is 35.5 Å². The molecule has 3 atom stereocenters. The van der Waals surface area contributed by atoms with Crippen LogP contribution in [-0.2, 0) is 10.8 Å². The number of nitrogens with zero attached hydrogens (tertiary/aromatic N) is 1. The van der Waals surface area contributed by atoms with Crippen LogP contribution in [-0.4, -0.2) is 0 Å². The van der Waals surface area contributed by atoms with Gasteiger partial charge in [0.15, 0.2) is 0 Å². The Hall–Kier alpha value is -6.44. The summed E-state index contributed by atoms with van der Waals surface area (Å²) < 4.78 is 0. The highest BCUT2D eigenvalue weighted by molar-refractivity contribution is 5.98. The molecule has 16 rings (SSSR count). The zero-order valence-electron chi connectivity index (χ0n) is 37.7. The van der Waals surface area contributed by atoms with Gasteiger partial charge in [-0.3, -0.25) is 0 Å². The van der Waals surface area contributed by atoms with Crippen molar-refractivity contribution in [1.82, 2.24) is 0 Å². The molecule has 320 valence electrons.